The first-order chi connectivity index (χ1) is 5.77. The minimum atomic E-state index is 0.746. The summed E-state index contributed by atoms with van der Waals surface area (Å²) in [6.07, 6.45) is 0.895. The zero-order valence-electron chi connectivity index (χ0n) is 7.42. The van der Waals surface area contributed by atoms with Gasteiger partial charge in [0.05, 0.1) is 0 Å². The van der Waals surface area contributed by atoms with Gasteiger partial charge in [0.25, 0.3) is 0 Å². The number of benzene rings is 1. The fourth-order valence-corrected chi connectivity index (χ4v) is 1.19. The molecule has 2 nitrogen and oxygen atoms in total. The molecule has 0 aliphatic carbocycles. The monoisotopic (exact) mass is 163 g/mol. The number of hydrogen-bond donors (Lipinski definition) is 1. The van der Waals surface area contributed by atoms with E-state index in [1.807, 2.05) is 32.2 Å². The largest absolute Gasteiger partial charge is 0.316 e. The maximum absolute atomic E-state index is 10.6. The van der Waals surface area contributed by atoms with E-state index in [0.717, 1.165) is 24.0 Å². The van der Waals surface area contributed by atoms with E-state index in [1.165, 1.54) is 5.56 Å². The molecule has 1 rings (SSSR count). The molecule has 1 aromatic rings. The molecule has 0 atom stereocenters. The zero-order chi connectivity index (χ0) is 8.97. The van der Waals surface area contributed by atoms with Gasteiger partial charge in [-0.1, -0.05) is 23.8 Å². The molecule has 0 radical (unpaired) electrons. The van der Waals surface area contributed by atoms with Crippen LogP contribution < -0.4 is 5.32 Å². The summed E-state index contributed by atoms with van der Waals surface area (Å²) in [7, 11) is 1.87. The first kappa shape index (κ1) is 8.94. The van der Waals surface area contributed by atoms with Gasteiger partial charge in [0.1, 0.15) is 6.29 Å². The Balaban J connectivity index is 3.03. The molecule has 0 aromatic heterocycles. The van der Waals surface area contributed by atoms with Crippen LogP contribution in [0.2, 0.25) is 0 Å². The van der Waals surface area contributed by atoms with Gasteiger partial charge in [-0.05, 0) is 19.5 Å². The van der Waals surface area contributed by atoms with Crippen LogP contribution in [0.25, 0.3) is 0 Å². The van der Waals surface area contributed by atoms with Crippen molar-refractivity contribution in [1.82, 2.24) is 5.32 Å². The molecule has 0 amide bonds. The lowest BCUT2D eigenvalue weighted by atomic mass is 10.1. The second-order valence-electron chi connectivity index (χ2n) is 2.85. The van der Waals surface area contributed by atoms with Gasteiger partial charge < -0.3 is 5.32 Å². The molecule has 64 valence electrons. The summed E-state index contributed by atoms with van der Waals surface area (Å²) in [6, 6.07) is 5.83. The van der Waals surface area contributed by atoms with Crippen molar-refractivity contribution in [1.29, 1.82) is 0 Å². The van der Waals surface area contributed by atoms with Crippen molar-refractivity contribution in [3.63, 3.8) is 0 Å². The van der Waals surface area contributed by atoms with Gasteiger partial charge in [0.15, 0.2) is 0 Å². The van der Waals surface area contributed by atoms with E-state index >= 15 is 0 Å². The SMILES string of the molecule is CNCc1cc(C)ccc1C=O. The second kappa shape index (κ2) is 4.02. The maximum Gasteiger partial charge on any atom is 0.150 e. The van der Waals surface area contributed by atoms with Crippen LogP contribution in [0, 0.1) is 6.92 Å². The molecule has 0 unspecified atom stereocenters. The van der Waals surface area contributed by atoms with Gasteiger partial charge in [-0.3, -0.25) is 4.79 Å². The van der Waals surface area contributed by atoms with Crippen molar-refractivity contribution < 1.29 is 4.79 Å². The van der Waals surface area contributed by atoms with Crippen LogP contribution in [0.15, 0.2) is 18.2 Å². The van der Waals surface area contributed by atoms with E-state index in [4.69, 9.17) is 0 Å². The molecule has 0 spiro atoms. The van der Waals surface area contributed by atoms with Crippen LogP contribution in [0.1, 0.15) is 21.5 Å². The van der Waals surface area contributed by atoms with Crippen molar-refractivity contribution in [3.05, 3.63) is 34.9 Å². The molecule has 2 heteroatoms. The lowest BCUT2D eigenvalue weighted by Crippen LogP contribution is -2.07. The normalized spacial score (nSPS) is 9.83. The number of carbonyl (C=O) groups is 1. The molecule has 0 saturated carbocycles. The van der Waals surface area contributed by atoms with E-state index in [2.05, 4.69) is 5.32 Å². The number of nitrogens with one attached hydrogen (secondary N) is 1. The third-order valence-corrected chi connectivity index (χ3v) is 1.79. The van der Waals surface area contributed by atoms with Crippen molar-refractivity contribution in [3.8, 4) is 0 Å². The van der Waals surface area contributed by atoms with Crippen molar-refractivity contribution in [2.45, 2.75) is 13.5 Å². The van der Waals surface area contributed by atoms with E-state index in [-0.39, 0.29) is 0 Å². The molecule has 0 aliphatic rings. The second-order valence-corrected chi connectivity index (χ2v) is 2.85. The van der Waals surface area contributed by atoms with Crippen molar-refractivity contribution in [2.24, 2.45) is 0 Å². The highest BCUT2D eigenvalue weighted by Crippen LogP contribution is 2.09. The van der Waals surface area contributed by atoms with Crippen LogP contribution >= 0.6 is 0 Å². The van der Waals surface area contributed by atoms with Gasteiger partial charge in [0, 0.05) is 12.1 Å². The van der Waals surface area contributed by atoms with Crippen molar-refractivity contribution in [2.75, 3.05) is 7.05 Å². The van der Waals surface area contributed by atoms with Crippen LogP contribution in [-0.2, 0) is 6.54 Å². The Hall–Kier alpha value is -1.15. The first-order valence-electron chi connectivity index (χ1n) is 3.97. The van der Waals surface area contributed by atoms with Crippen LogP contribution in [0.5, 0.6) is 0 Å². The van der Waals surface area contributed by atoms with Gasteiger partial charge in [-0.15, -0.1) is 0 Å². The van der Waals surface area contributed by atoms with E-state index < -0.39 is 0 Å². The minimum Gasteiger partial charge on any atom is -0.316 e. The summed E-state index contributed by atoms with van der Waals surface area (Å²) in [5.41, 5.74) is 3.02. The Morgan fingerprint density at radius 2 is 2.25 bits per heavy atom. The third-order valence-electron chi connectivity index (χ3n) is 1.79. The molecule has 0 heterocycles. The molecule has 12 heavy (non-hydrogen) atoms. The van der Waals surface area contributed by atoms with Crippen LogP contribution in [-0.4, -0.2) is 13.3 Å². The van der Waals surface area contributed by atoms with Gasteiger partial charge in [-0.2, -0.15) is 0 Å². The summed E-state index contributed by atoms with van der Waals surface area (Å²) in [5, 5.41) is 3.03. The van der Waals surface area contributed by atoms with E-state index in [1.54, 1.807) is 0 Å². The first-order valence-corrected chi connectivity index (χ1v) is 3.97. The molecular weight excluding hydrogens is 150 g/mol. The Labute approximate surface area is 72.6 Å². The van der Waals surface area contributed by atoms with E-state index in [0.29, 0.717) is 0 Å². The number of carbonyl (C=O) groups excluding carboxylic acids is 1. The zero-order valence-corrected chi connectivity index (χ0v) is 7.42. The topological polar surface area (TPSA) is 29.1 Å². The van der Waals surface area contributed by atoms with E-state index in [9.17, 15) is 4.79 Å². The Kier molecular flexibility index (Phi) is 3.00. The van der Waals surface area contributed by atoms with Gasteiger partial charge in [0.2, 0.25) is 0 Å². The Bertz CT molecular complexity index is 281. The predicted octanol–water partition coefficient (Wildman–Crippen LogP) is 1.53. The van der Waals surface area contributed by atoms with Gasteiger partial charge in [-0.25, -0.2) is 0 Å². The average molecular weight is 163 g/mol. The van der Waals surface area contributed by atoms with Crippen LogP contribution in [0.4, 0.5) is 0 Å². The number of aryl methyl sites for hydroxylation is 1. The standard InChI is InChI=1S/C10H13NO/c1-8-3-4-9(7-12)10(5-8)6-11-2/h3-5,7,11H,6H2,1-2H3. The summed E-state index contributed by atoms with van der Waals surface area (Å²) in [5.74, 6) is 0. The fourth-order valence-electron chi connectivity index (χ4n) is 1.19. The van der Waals surface area contributed by atoms with Crippen LogP contribution in [0.3, 0.4) is 0 Å². The molecule has 0 fully saturated rings. The molecule has 0 saturated heterocycles. The molecular formula is C10H13NO. The number of aldehydes is 1. The lowest BCUT2D eigenvalue weighted by Gasteiger charge is -2.04. The minimum absolute atomic E-state index is 0.746. The lowest BCUT2D eigenvalue weighted by molar-refractivity contribution is 0.112. The Morgan fingerprint density at radius 3 is 2.83 bits per heavy atom. The summed E-state index contributed by atoms with van der Waals surface area (Å²) < 4.78 is 0. The van der Waals surface area contributed by atoms with Gasteiger partial charge >= 0.3 is 0 Å². The predicted molar refractivity (Wildman–Crippen MR) is 49.3 cm³/mol. The highest BCUT2D eigenvalue weighted by Gasteiger charge is 1.99. The molecule has 0 bridgehead atoms. The maximum atomic E-state index is 10.6. The highest BCUT2D eigenvalue weighted by molar-refractivity contribution is 5.77. The number of rotatable bonds is 3. The summed E-state index contributed by atoms with van der Waals surface area (Å²) in [4.78, 5) is 10.6. The van der Waals surface area contributed by atoms with Crippen molar-refractivity contribution >= 4 is 6.29 Å². The number of hydrogen-bond acceptors (Lipinski definition) is 2. The summed E-state index contributed by atoms with van der Waals surface area (Å²) in [6.45, 7) is 2.77. The highest BCUT2D eigenvalue weighted by atomic mass is 16.1. The molecule has 1 aromatic carbocycles. The average Bonchev–Trinajstić information content (AvgIpc) is 2.05. The Morgan fingerprint density at radius 1 is 1.50 bits per heavy atom. The smallest absolute Gasteiger partial charge is 0.150 e. The summed E-state index contributed by atoms with van der Waals surface area (Å²) >= 11 is 0. The molecule has 1 N–H and O–H groups in total. The third kappa shape index (κ3) is 1.92. The quantitative estimate of drug-likeness (QED) is 0.684. The fraction of sp³-hybridized carbons (Fsp3) is 0.300. The molecule has 0 aliphatic heterocycles.